The summed E-state index contributed by atoms with van der Waals surface area (Å²) in [7, 11) is 0. The molecule has 0 aromatic heterocycles. The third-order valence-corrected chi connectivity index (χ3v) is 16.8. The molecule has 1 heterocycles. The van der Waals surface area contributed by atoms with Crippen LogP contribution < -0.4 is 5.32 Å². The molecule has 0 radical (unpaired) electrons. The molecule has 8 N–H and O–H groups in total. The van der Waals surface area contributed by atoms with E-state index in [2.05, 4.69) is 43.5 Å². The SMILES string of the molecule is CCCCCCCCCCCCC/C=C\C/C=C\CCCCCCCCCCCCCCCCCCC(O)C(=O)NC(COC1OC(CO)C(O)C(O)C1O)C(O)C(O)CCCCCCCCCCCCCCCCCCCC. The van der Waals surface area contributed by atoms with E-state index in [1.165, 1.54) is 250 Å². The van der Waals surface area contributed by atoms with Crippen molar-refractivity contribution in [1.82, 2.24) is 5.32 Å². The summed E-state index contributed by atoms with van der Waals surface area (Å²) in [5.41, 5.74) is 0. The molecule has 0 spiro atoms. The molecule has 0 saturated carbocycles. The van der Waals surface area contributed by atoms with E-state index in [0.717, 1.165) is 44.9 Å². The molecule has 79 heavy (non-hydrogen) atoms. The van der Waals surface area contributed by atoms with E-state index in [1.807, 2.05) is 0 Å². The minimum atomic E-state index is -1.66. The lowest BCUT2D eigenvalue weighted by Crippen LogP contribution is -2.60. The highest BCUT2D eigenvalue weighted by molar-refractivity contribution is 5.80. The second-order valence-corrected chi connectivity index (χ2v) is 24.3. The van der Waals surface area contributed by atoms with Gasteiger partial charge >= 0.3 is 0 Å². The lowest BCUT2D eigenvalue weighted by atomic mass is 9.98. The first kappa shape index (κ1) is 75.6. The molecular formula is C68H131NO10. The van der Waals surface area contributed by atoms with E-state index in [4.69, 9.17) is 9.47 Å². The van der Waals surface area contributed by atoms with Crippen molar-refractivity contribution >= 4 is 5.91 Å². The molecule has 0 bridgehead atoms. The van der Waals surface area contributed by atoms with Gasteiger partial charge in [0.05, 0.1) is 25.4 Å². The van der Waals surface area contributed by atoms with Crippen molar-refractivity contribution in [3.05, 3.63) is 24.3 Å². The number of hydrogen-bond donors (Lipinski definition) is 8. The van der Waals surface area contributed by atoms with Gasteiger partial charge in [0, 0.05) is 0 Å². The maximum absolute atomic E-state index is 13.2. The largest absolute Gasteiger partial charge is 0.394 e. The van der Waals surface area contributed by atoms with Crippen LogP contribution >= 0.6 is 0 Å². The smallest absolute Gasteiger partial charge is 0.249 e. The summed E-state index contributed by atoms with van der Waals surface area (Å²) in [4.78, 5) is 13.2. The summed E-state index contributed by atoms with van der Waals surface area (Å²) >= 11 is 0. The Balaban J connectivity index is 2.17. The van der Waals surface area contributed by atoms with Gasteiger partial charge in [0.1, 0.15) is 36.6 Å². The van der Waals surface area contributed by atoms with Crippen molar-refractivity contribution in [2.45, 2.75) is 390 Å². The number of nitrogens with one attached hydrogen (secondary N) is 1. The van der Waals surface area contributed by atoms with Crippen LogP contribution in [-0.4, -0.2) is 110 Å². The van der Waals surface area contributed by atoms with Gasteiger partial charge in [0.15, 0.2) is 6.29 Å². The van der Waals surface area contributed by atoms with Crippen molar-refractivity contribution in [3.63, 3.8) is 0 Å². The number of ether oxygens (including phenoxy) is 2. The summed E-state index contributed by atoms with van der Waals surface area (Å²) in [6.45, 7) is 3.50. The van der Waals surface area contributed by atoms with Crippen molar-refractivity contribution in [2.24, 2.45) is 0 Å². The van der Waals surface area contributed by atoms with Crippen LogP contribution in [0.3, 0.4) is 0 Å². The molecule has 9 unspecified atom stereocenters. The van der Waals surface area contributed by atoms with E-state index < -0.39 is 74.2 Å². The van der Waals surface area contributed by atoms with Gasteiger partial charge in [-0.05, 0) is 44.9 Å². The fraction of sp³-hybridized carbons (Fsp3) is 0.926. The predicted octanol–water partition coefficient (Wildman–Crippen LogP) is 16.0. The average molecular weight is 1120 g/mol. The fourth-order valence-electron chi connectivity index (χ4n) is 11.2. The van der Waals surface area contributed by atoms with Crippen LogP contribution in [0, 0.1) is 0 Å². The van der Waals surface area contributed by atoms with Gasteiger partial charge in [0.2, 0.25) is 5.91 Å². The first-order valence-corrected chi connectivity index (χ1v) is 34.2. The van der Waals surface area contributed by atoms with Crippen molar-refractivity contribution in [1.29, 1.82) is 0 Å². The van der Waals surface area contributed by atoms with Crippen LogP contribution in [0.1, 0.15) is 335 Å². The van der Waals surface area contributed by atoms with Crippen LogP contribution in [0.2, 0.25) is 0 Å². The number of carbonyl (C=O) groups excluding carboxylic acids is 1. The van der Waals surface area contributed by atoms with Crippen LogP contribution in [0.15, 0.2) is 24.3 Å². The van der Waals surface area contributed by atoms with E-state index in [9.17, 15) is 40.5 Å². The van der Waals surface area contributed by atoms with Crippen molar-refractivity contribution in [3.8, 4) is 0 Å². The van der Waals surface area contributed by atoms with E-state index in [0.29, 0.717) is 19.3 Å². The molecule has 1 aliphatic rings. The van der Waals surface area contributed by atoms with Crippen molar-refractivity contribution in [2.75, 3.05) is 13.2 Å². The Kier molecular flexibility index (Phi) is 54.6. The van der Waals surface area contributed by atoms with E-state index >= 15 is 0 Å². The minimum absolute atomic E-state index is 0.263. The van der Waals surface area contributed by atoms with Gasteiger partial charge in [-0.15, -0.1) is 0 Å². The van der Waals surface area contributed by atoms with Gasteiger partial charge in [0.25, 0.3) is 0 Å². The summed E-state index contributed by atoms with van der Waals surface area (Å²) in [6, 6.07) is -1.17. The van der Waals surface area contributed by atoms with Crippen LogP contribution in [0.25, 0.3) is 0 Å². The Morgan fingerprint density at radius 3 is 1.13 bits per heavy atom. The maximum Gasteiger partial charge on any atom is 0.249 e. The lowest BCUT2D eigenvalue weighted by molar-refractivity contribution is -0.303. The Labute approximate surface area is 486 Å². The van der Waals surface area contributed by atoms with Gasteiger partial charge < -0.3 is 50.5 Å². The number of hydrogen-bond acceptors (Lipinski definition) is 10. The molecule has 1 amide bonds. The molecule has 1 aliphatic heterocycles. The third-order valence-electron chi connectivity index (χ3n) is 16.8. The number of aliphatic hydroxyl groups excluding tert-OH is 7. The highest BCUT2D eigenvalue weighted by atomic mass is 16.7. The molecule has 11 heteroatoms. The fourth-order valence-corrected chi connectivity index (χ4v) is 11.2. The second kappa shape index (κ2) is 57.0. The average Bonchev–Trinajstić information content (AvgIpc) is 3.46. The first-order chi connectivity index (χ1) is 38.7. The molecule has 9 atom stereocenters. The highest BCUT2D eigenvalue weighted by Gasteiger charge is 2.44. The molecule has 1 fully saturated rings. The normalized spacial score (nSPS) is 19.4. The zero-order chi connectivity index (χ0) is 57.5. The second-order valence-electron chi connectivity index (χ2n) is 24.3. The summed E-state index contributed by atoms with van der Waals surface area (Å²) in [5, 5.41) is 76.4. The molecule has 0 aromatic carbocycles. The number of aliphatic hydroxyl groups is 7. The Bertz CT molecular complexity index is 1330. The van der Waals surface area contributed by atoms with Crippen LogP contribution in [0.4, 0.5) is 0 Å². The molecular weight excluding hydrogens is 991 g/mol. The predicted molar refractivity (Wildman–Crippen MR) is 330 cm³/mol. The molecule has 468 valence electrons. The molecule has 1 rings (SSSR count). The molecule has 1 saturated heterocycles. The van der Waals surface area contributed by atoms with Gasteiger partial charge in [-0.25, -0.2) is 0 Å². The first-order valence-electron chi connectivity index (χ1n) is 34.2. The summed E-state index contributed by atoms with van der Waals surface area (Å²) in [5.74, 6) is -0.691. The Morgan fingerprint density at radius 2 is 0.772 bits per heavy atom. The van der Waals surface area contributed by atoms with E-state index in [1.54, 1.807) is 0 Å². The Morgan fingerprint density at radius 1 is 0.443 bits per heavy atom. The minimum Gasteiger partial charge on any atom is -0.394 e. The summed E-state index contributed by atoms with van der Waals surface area (Å²) in [6.07, 6.45) is 59.7. The standard InChI is InChI=1S/C68H131NO10/c1-3-5-7-9-11-13-15-17-19-21-23-24-25-26-27-28-29-30-31-32-33-34-35-36-37-38-40-42-44-46-48-50-52-54-56-61(72)67(77)69-59(58-78-68-66(76)65(75)64(74)62(57-70)79-68)63(73)60(71)55-53-51-49-47-45-43-41-39-22-20-18-16-14-12-10-8-6-4-2/h25-26,28-29,59-66,68,70-76H,3-24,27,30-58H2,1-2H3,(H,69,77)/b26-25-,29-28-. The van der Waals surface area contributed by atoms with Gasteiger partial charge in [-0.1, -0.05) is 314 Å². The van der Waals surface area contributed by atoms with Crippen molar-refractivity contribution < 1.29 is 50.0 Å². The Hall–Kier alpha value is -1.41. The molecule has 0 aliphatic carbocycles. The number of allylic oxidation sites excluding steroid dienone is 4. The number of unbranched alkanes of at least 4 members (excludes halogenated alkanes) is 44. The maximum atomic E-state index is 13.2. The summed E-state index contributed by atoms with van der Waals surface area (Å²) < 4.78 is 11.2. The zero-order valence-electron chi connectivity index (χ0n) is 51.6. The zero-order valence-corrected chi connectivity index (χ0v) is 51.6. The van der Waals surface area contributed by atoms with Crippen LogP contribution in [-0.2, 0) is 14.3 Å². The van der Waals surface area contributed by atoms with Gasteiger partial charge in [-0.3, -0.25) is 4.79 Å². The topological polar surface area (TPSA) is 189 Å². The number of carbonyl (C=O) groups is 1. The lowest BCUT2D eigenvalue weighted by Gasteiger charge is -2.40. The van der Waals surface area contributed by atoms with Crippen LogP contribution in [0.5, 0.6) is 0 Å². The molecule has 11 nitrogen and oxygen atoms in total. The monoisotopic (exact) mass is 1120 g/mol. The van der Waals surface area contributed by atoms with Gasteiger partial charge in [-0.2, -0.15) is 0 Å². The quantitative estimate of drug-likeness (QED) is 0.0215. The van der Waals surface area contributed by atoms with E-state index in [-0.39, 0.29) is 6.42 Å². The number of rotatable bonds is 60. The third kappa shape index (κ3) is 44.7. The number of amides is 1. The highest BCUT2D eigenvalue weighted by Crippen LogP contribution is 2.24. The molecule has 0 aromatic rings.